The van der Waals surface area contributed by atoms with E-state index in [1.165, 1.54) is 21.4 Å². The smallest absolute Gasteiger partial charge is 0.324 e. The molecule has 1 aromatic carbocycles. The van der Waals surface area contributed by atoms with Crippen molar-refractivity contribution in [1.29, 1.82) is 0 Å². The van der Waals surface area contributed by atoms with Gasteiger partial charge in [-0.25, -0.2) is 10.4 Å². The molecular formula is C49H61N9O7S. The minimum atomic E-state index is -1.10. The van der Waals surface area contributed by atoms with Crippen LogP contribution in [0, 0.1) is 29.1 Å². The number of rotatable bonds is 8. The number of hydrazine groups is 1. The Kier molecular flexibility index (Phi) is 13.9. The summed E-state index contributed by atoms with van der Waals surface area (Å²) in [5, 5.41) is 6.03. The van der Waals surface area contributed by atoms with Crippen LogP contribution in [0.15, 0.2) is 36.5 Å². The highest BCUT2D eigenvalue weighted by Gasteiger charge is 2.43. The Bertz CT molecular complexity index is 2570. The van der Waals surface area contributed by atoms with Gasteiger partial charge < -0.3 is 29.2 Å². The van der Waals surface area contributed by atoms with Gasteiger partial charge in [0.25, 0.3) is 11.8 Å². The summed E-state index contributed by atoms with van der Waals surface area (Å²) in [6, 6.07) is 7.41. The highest BCUT2D eigenvalue weighted by Crippen LogP contribution is 2.41. The first-order valence-electron chi connectivity index (χ1n) is 23.1. The van der Waals surface area contributed by atoms with Crippen molar-refractivity contribution in [2.75, 3.05) is 40.4 Å². The molecular weight excluding hydrogens is 859 g/mol. The third kappa shape index (κ3) is 9.59. The Balaban J connectivity index is 1.15. The highest BCUT2D eigenvalue weighted by atomic mass is 32.1. The molecule has 1 aliphatic carbocycles. The largest absolute Gasteiger partial charge is 0.464 e. The van der Waals surface area contributed by atoms with E-state index in [4.69, 9.17) is 23.8 Å². The molecule has 4 aliphatic rings. The van der Waals surface area contributed by atoms with Gasteiger partial charge in [-0.15, -0.1) is 0 Å². The molecule has 8 rings (SSSR count). The normalized spacial score (nSPS) is 22.3. The monoisotopic (exact) mass is 919 g/mol. The number of benzene rings is 1. The van der Waals surface area contributed by atoms with Gasteiger partial charge in [-0.05, 0) is 112 Å². The van der Waals surface area contributed by atoms with Gasteiger partial charge in [0.2, 0.25) is 11.8 Å². The molecule has 0 spiro atoms. The molecule has 66 heavy (non-hydrogen) atoms. The van der Waals surface area contributed by atoms with E-state index in [1.807, 2.05) is 26.1 Å². The predicted molar refractivity (Wildman–Crippen MR) is 249 cm³/mol. The number of nitrogens with one attached hydrogen (secondary N) is 2. The van der Waals surface area contributed by atoms with Crippen LogP contribution >= 0.6 is 11.5 Å². The summed E-state index contributed by atoms with van der Waals surface area (Å²) in [6.45, 7) is 8.81. The van der Waals surface area contributed by atoms with Crippen molar-refractivity contribution >= 4 is 52.0 Å². The first kappa shape index (κ1) is 46.8. The molecule has 4 amide bonds. The van der Waals surface area contributed by atoms with Crippen LogP contribution in [0.2, 0.25) is 0 Å². The van der Waals surface area contributed by atoms with Crippen LogP contribution < -0.4 is 10.7 Å². The number of fused-ring (bicyclic) bond motifs is 6. The Morgan fingerprint density at radius 1 is 1.09 bits per heavy atom. The Labute approximate surface area is 390 Å². The van der Waals surface area contributed by atoms with E-state index in [0.717, 1.165) is 64.7 Å². The van der Waals surface area contributed by atoms with Crippen LogP contribution in [0.3, 0.4) is 0 Å². The fourth-order valence-corrected chi connectivity index (χ4v) is 11.0. The summed E-state index contributed by atoms with van der Waals surface area (Å²) in [5.74, 6) is 3.24. The first-order valence-corrected chi connectivity index (χ1v) is 23.9. The fraction of sp³-hybridized carbons (Fsp3) is 0.551. The van der Waals surface area contributed by atoms with Gasteiger partial charge in [-0.2, -0.15) is 4.37 Å². The van der Waals surface area contributed by atoms with E-state index in [1.54, 1.807) is 32.2 Å². The molecule has 5 atom stereocenters. The van der Waals surface area contributed by atoms with Gasteiger partial charge in [0.15, 0.2) is 5.82 Å². The van der Waals surface area contributed by atoms with Gasteiger partial charge in [0.05, 0.1) is 30.0 Å². The quantitative estimate of drug-likeness (QED) is 0.179. The minimum absolute atomic E-state index is 0.0291. The molecule has 0 unspecified atom stereocenters. The number of pyridine rings is 1. The molecule has 2 saturated heterocycles. The minimum Gasteiger partial charge on any atom is -0.464 e. The topological polar surface area (TPSA) is 181 Å². The van der Waals surface area contributed by atoms with Gasteiger partial charge in [0, 0.05) is 80.9 Å². The summed E-state index contributed by atoms with van der Waals surface area (Å²) in [4.78, 5) is 82.9. The second kappa shape index (κ2) is 19.6. The number of carbonyl (C=O) groups is 5. The predicted octanol–water partition coefficient (Wildman–Crippen LogP) is 5.00. The summed E-state index contributed by atoms with van der Waals surface area (Å²) >= 11 is 1.17. The lowest BCUT2D eigenvalue weighted by Gasteiger charge is -2.37. The molecule has 4 aromatic rings. The van der Waals surface area contributed by atoms with Crippen molar-refractivity contribution in [2.24, 2.45) is 24.3 Å². The number of amides is 4. The van der Waals surface area contributed by atoms with E-state index < -0.39 is 47.2 Å². The van der Waals surface area contributed by atoms with E-state index >= 15 is 0 Å². The third-order valence-electron chi connectivity index (χ3n) is 13.8. The Morgan fingerprint density at radius 3 is 2.64 bits per heavy atom. The Morgan fingerprint density at radius 2 is 1.88 bits per heavy atom. The van der Waals surface area contributed by atoms with Gasteiger partial charge in [-0.1, -0.05) is 32.6 Å². The van der Waals surface area contributed by atoms with Crippen molar-refractivity contribution in [3.63, 3.8) is 0 Å². The number of nitrogens with zero attached hydrogens (tertiary/aromatic N) is 7. The Hall–Kier alpha value is -5.70. The standard InChI is InChI=1S/C49H61N9O7S/c1-8-13-40(59)57-23-20-32(27-57)46(61)56(6)42(30-14-9-10-15-30)45(60)51-37-25-39-52-44(54-66-39)31-18-19-38-34(24-31)35(43(55(38)5)33-16-11-21-50-41(33)29(2)64-7)26-49(3,4)28-65-48(63)36-17-12-22-58(53-36)47(37)62/h11,16,18-19,21,24,29-30,32,36-37,42,53H,9-10,12,14-15,17,20,22-23,25-28H2,1-7H3,(H,51,60)/t29-,32-,36-,37-,42-/m0/s1. The zero-order valence-corrected chi connectivity index (χ0v) is 39.8. The number of ether oxygens (including phenoxy) is 2. The lowest BCUT2D eigenvalue weighted by Crippen LogP contribution is -2.62. The van der Waals surface area contributed by atoms with E-state index in [2.05, 4.69) is 59.2 Å². The van der Waals surface area contributed by atoms with Crippen LogP contribution in [0.1, 0.15) is 95.0 Å². The molecule has 17 heteroatoms. The molecule has 3 fully saturated rings. The maximum atomic E-state index is 14.8. The number of hydrogen-bond acceptors (Lipinski definition) is 12. The molecule has 3 aliphatic heterocycles. The molecule has 2 N–H and O–H groups in total. The van der Waals surface area contributed by atoms with Gasteiger partial charge in [0.1, 0.15) is 23.1 Å². The number of cyclic esters (lactones) is 1. The number of likely N-dealkylation sites (N-methyl/N-ethyl adjacent to an activating group) is 1. The van der Waals surface area contributed by atoms with Crippen molar-refractivity contribution < 1.29 is 33.4 Å². The van der Waals surface area contributed by atoms with Crippen molar-refractivity contribution in [1.82, 2.24) is 44.5 Å². The second-order valence-corrected chi connectivity index (χ2v) is 19.9. The fourth-order valence-electron chi connectivity index (χ4n) is 10.3. The molecule has 6 heterocycles. The molecule has 3 aromatic heterocycles. The molecule has 350 valence electrons. The van der Waals surface area contributed by atoms with Gasteiger partial charge >= 0.3 is 5.97 Å². The van der Waals surface area contributed by atoms with Crippen LogP contribution in [0.4, 0.5) is 0 Å². The summed E-state index contributed by atoms with van der Waals surface area (Å²) in [5.41, 5.74) is 8.20. The zero-order chi connectivity index (χ0) is 46.9. The second-order valence-electron chi connectivity index (χ2n) is 19.0. The number of aromatic nitrogens is 4. The maximum Gasteiger partial charge on any atom is 0.324 e. The summed E-state index contributed by atoms with van der Waals surface area (Å²) < 4.78 is 18.8. The number of methoxy groups -OCH3 is 1. The van der Waals surface area contributed by atoms with E-state index in [9.17, 15) is 24.0 Å². The number of aryl methyl sites for hydroxylation is 1. The van der Waals surface area contributed by atoms with E-state index in [-0.39, 0.29) is 43.4 Å². The number of likely N-dealkylation sites (tertiary alicyclic amines) is 1. The molecule has 6 bridgehead atoms. The van der Waals surface area contributed by atoms with Crippen molar-refractivity contribution in [3.05, 3.63) is 52.8 Å². The zero-order valence-electron chi connectivity index (χ0n) is 39.0. The highest BCUT2D eigenvalue weighted by molar-refractivity contribution is 7.05. The van der Waals surface area contributed by atoms with Crippen LogP contribution in [-0.4, -0.2) is 122 Å². The maximum absolute atomic E-state index is 14.8. The lowest BCUT2D eigenvalue weighted by molar-refractivity contribution is -0.155. The van der Waals surface area contributed by atoms with Crippen molar-refractivity contribution in [2.45, 2.75) is 110 Å². The van der Waals surface area contributed by atoms with Crippen molar-refractivity contribution in [3.8, 4) is 34.5 Å². The molecule has 0 radical (unpaired) electrons. The van der Waals surface area contributed by atoms with Gasteiger partial charge in [-0.3, -0.25) is 34.0 Å². The summed E-state index contributed by atoms with van der Waals surface area (Å²) in [7, 11) is 5.37. The lowest BCUT2D eigenvalue weighted by atomic mass is 9.84. The number of esters is 1. The summed E-state index contributed by atoms with van der Waals surface area (Å²) in [6.07, 6.45) is 6.93. The van der Waals surface area contributed by atoms with E-state index in [0.29, 0.717) is 49.6 Å². The average Bonchev–Trinajstić information content (AvgIpc) is 4.16. The van der Waals surface area contributed by atoms with Crippen LogP contribution in [-0.2, 0) is 53.3 Å². The number of hydrogen-bond donors (Lipinski definition) is 2. The first-order chi connectivity index (χ1) is 31.7. The number of carbonyl (C=O) groups excluding carboxylic acids is 5. The average molecular weight is 920 g/mol. The van der Waals surface area contributed by atoms with Crippen LogP contribution in [0.5, 0.6) is 0 Å². The molecule has 1 saturated carbocycles. The third-order valence-corrected chi connectivity index (χ3v) is 14.5. The SMILES string of the molecule is CC#CC(=O)N1CC[C@H](C(=O)N(C)[C@H](C(=O)N[C@H]2Cc3nc(ns3)-c3ccc4c(c3)c(c(-c3cccnc3[C@H](C)OC)n4C)CC(C)(C)COC(=O)[C@@H]3CCCN(N3)C2=O)C2CCCC2)C1. The molecule has 16 nitrogen and oxygen atoms in total. The van der Waals surface area contributed by atoms with Crippen LogP contribution in [0.25, 0.3) is 33.5 Å².